The van der Waals surface area contributed by atoms with Crippen molar-refractivity contribution < 1.29 is 18.4 Å². The zero-order valence-electron chi connectivity index (χ0n) is 19.7. The second-order valence-electron chi connectivity index (χ2n) is 8.85. The van der Waals surface area contributed by atoms with E-state index >= 15 is 0 Å². The third kappa shape index (κ3) is 4.95. The quantitative estimate of drug-likeness (QED) is 0.137. The summed E-state index contributed by atoms with van der Waals surface area (Å²) in [6, 6.07) is 18.3. The number of rotatable bonds is 3. The zero-order chi connectivity index (χ0) is 27.0. The second kappa shape index (κ2) is 9.86. The van der Waals surface area contributed by atoms with Gasteiger partial charge in [-0.2, -0.15) is 23.0 Å². The standard InChI is InChI=1S/C27H21ClF3N5O2/c28-18-10-11-22-20(14-18)25(37)24-21(34-35-26(32)33-19-4-2-1-3-5-19)12-16(13-23(24)36(22)38)15-6-8-17(9-7-15)27(29,30)31/h1-11,14,16,38H,12-13H2,(H3,32,33,35)/b34-21+. The number of nitrogens with two attached hydrogens (primary N) is 1. The summed E-state index contributed by atoms with van der Waals surface area (Å²) in [5.74, 6) is -0.407. The Morgan fingerprint density at radius 1 is 1.05 bits per heavy atom. The molecule has 1 unspecified atom stereocenters. The summed E-state index contributed by atoms with van der Waals surface area (Å²) < 4.78 is 40.2. The van der Waals surface area contributed by atoms with Gasteiger partial charge in [0.05, 0.1) is 39.1 Å². The molecule has 1 atom stereocenters. The topological polar surface area (TPSA) is 105 Å². The largest absolute Gasteiger partial charge is 0.428 e. The van der Waals surface area contributed by atoms with Crippen molar-refractivity contribution in [1.82, 2.24) is 10.2 Å². The van der Waals surface area contributed by atoms with Crippen LogP contribution >= 0.6 is 11.6 Å². The van der Waals surface area contributed by atoms with Crippen LogP contribution in [0.5, 0.6) is 0 Å². The van der Waals surface area contributed by atoms with Crippen molar-refractivity contribution in [2.24, 2.45) is 15.8 Å². The normalized spacial score (nSPS) is 17.0. The summed E-state index contributed by atoms with van der Waals surface area (Å²) in [5.41, 5.74) is 9.68. The lowest BCUT2D eigenvalue weighted by molar-refractivity contribution is -0.137. The summed E-state index contributed by atoms with van der Waals surface area (Å²) in [6.07, 6.45) is -4.07. The van der Waals surface area contributed by atoms with Gasteiger partial charge in [0.1, 0.15) is 0 Å². The van der Waals surface area contributed by atoms with Crippen LogP contribution in [0.1, 0.15) is 34.7 Å². The highest BCUT2D eigenvalue weighted by atomic mass is 35.5. The van der Waals surface area contributed by atoms with Gasteiger partial charge in [-0.1, -0.05) is 41.9 Å². The highest BCUT2D eigenvalue weighted by molar-refractivity contribution is 6.31. The fraction of sp³-hybridized carbons (Fsp3) is 0.148. The summed E-state index contributed by atoms with van der Waals surface area (Å²) in [5, 5.41) is 16.0. The summed E-state index contributed by atoms with van der Waals surface area (Å²) in [6.45, 7) is 0. The number of fused-ring (bicyclic) bond motifs is 2. The lowest BCUT2D eigenvalue weighted by Crippen LogP contribution is -2.34. The molecule has 4 N–H and O–H groups in total. The van der Waals surface area contributed by atoms with Crippen LogP contribution in [0.3, 0.4) is 0 Å². The van der Waals surface area contributed by atoms with Crippen LogP contribution in [0.4, 0.5) is 18.9 Å². The number of para-hydroxylation sites is 1. The number of pyridine rings is 1. The first-order valence-corrected chi connectivity index (χ1v) is 12.0. The smallest absolute Gasteiger partial charge is 0.416 e. The van der Waals surface area contributed by atoms with Crippen molar-refractivity contribution in [2.45, 2.75) is 24.9 Å². The Morgan fingerprint density at radius 2 is 1.76 bits per heavy atom. The molecule has 1 heterocycles. The number of hydrogen-bond acceptors (Lipinski definition) is 4. The highest BCUT2D eigenvalue weighted by Gasteiger charge is 2.33. The molecule has 38 heavy (non-hydrogen) atoms. The minimum atomic E-state index is -4.46. The molecule has 11 heteroatoms. The van der Waals surface area contributed by atoms with Crippen molar-refractivity contribution in [3.8, 4) is 0 Å². The van der Waals surface area contributed by atoms with Crippen molar-refractivity contribution in [1.29, 1.82) is 0 Å². The van der Waals surface area contributed by atoms with E-state index in [0.717, 1.165) is 16.9 Å². The lowest BCUT2D eigenvalue weighted by Gasteiger charge is -2.28. The van der Waals surface area contributed by atoms with Crippen molar-refractivity contribution in [3.05, 3.63) is 110 Å². The average molecular weight is 540 g/mol. The molecule has 0 saturated heterocycles. The first-order valence-electron chi connectivity index (χ1n) is 11.6. The lowest BCUT2D eigenvalue weighted by atomic mass is 9.80. The Labute approximate surface area is 219 Å². The van der Waals surface area contributed by atoms with Crippen molar-refractivity contribution in [2.75, 3.05) is 0 Å². The van der Waals surface area contributed by atoms with Crippen molar-refractivity contribution in [3.63, 3.8) is 0 Å². The molecule has 0 amide bonds. The van der Waals surface area contributed by atoms with Gasteiger partial charge in [0.25, 0.3) is 0 Å². The fourth-order valence-electron chi connectivity index (χ4n) is 4.59. The van der Waals surface area contributed by atoms with E-state index in [-0.39, 0.29) is 58.0 Å². The van der Waals surface area contributed by atoms with E-state index in [2.05, 4.69) is 15.5 Å². The molecule has 0 bridgehead atoms. The number of halogens is 4. The number of aliphatic imine (C=N–C) groups is 1. The minimum absolute atomic E-state index is 0.0324. The molecule has 1 aromatic heterocycles. The fourth-order valence-corrected chi connectivity index (χ4v) is 4.76. The summed E-state index contributed by atoms with van der Waals surface area (Å²) >= 11 is 6.11. The molecule has 1 aliphatic carbocycles. The molecule has 0 fully saturated rings. The zero-order valence-corrected chi connectivity index (χ0v) is 20.5. The van der Waals surface area contributed by atoms with Crippen LogP contribution in [-0.4, -0.2) is 21.6 Å². The van der Waals surface area contributed by atoms with Crippen LogP contribution in [-0.2, 0) is 12.6 Å². The van der Waals surface area contributed by atoms with Gasteiger partial charge in [-0.15, -0.1) is 0 Å². The number of nitrogens with one attached hydrogen (secondary N) is 1. The molecule has 3 aromatic carbocycles. The second-order valence-corrected chi connectivity index (χ2v) is 9.29. The number of aromatic nitrogens is 1. The molecule has 0 radical (unpaired) electrons. The van der Waals surface area contributed by atoms with E-state index < -0.39 is 11.7 Å². The number of hydrogen-bond donors (Lipinski definition) is 3. The van der Waals surface area contributed by atoms with Gasteiger partial charge in [-0.3, -0.25) is 4.79 Å². The van der Waals surface area contributed by atoms with E-state index in [0.29, 0.717) is 16.3 Å². The third-order valence-corrected chi connectivity index (χ3v) is 6.63. The molecule has 0 saturated carbocycles. The molecule has 0 aliphatic heterocycles. The maximum Gasteiger partial charge on any atom is 0.416 e. The minimum Gasteiger partial charge on any atom is -0.428 e. The van der Waals surface area contributed by atoms with Crippen molar-refractivity contribution >= 4 is 39.9 Å². The predicted molar refractivity (Wildman–Crippen MR) is 140 cm³/mol. The molecule has 0 spiro atoms. The number of benzene rings is 3. The Bertz CT molecular complexity index is 1630. The van der Waals surface area contributed by atoms with Gasteiger partial charge in [0.15, 0.2) is 5.43 Å². The predicted octanol–water partition coefficient (Wildman–Crippen LogP) is 5.58. The SMILES string of the molecule is NC(=Nc1ccccc1)N/N=C1\CC(c2ccc(C(F)(F)F)cc2)Cc2c1c(=O)c1cc(Cl)ccc1n2O. The highest BCUT2D eigenvalue weighted by Crippen LogP contribution is 2.35. The van der Waals surface area contributed by atoms with Gasteiger partial charge in [0, 0.05) is 5.02 Å². The average Bonchev–Trinajstić information content (AvgIpc) is 2.90. The van der Waals surface area contributed by atoms with Crippen LogP contribution < -0.4 is 16.6 Å². The Kier molecular flexibility index (Phi) is 6.58. The van der Waals surface area contributed by atoms with Gasteiger partial charge < -0.3 is 10.9 Å². The first kappa shape index (κ1) is 25.3. The van der Waals surface area contributed by atoms with Crippen LogP contribution in [0.25, 0.3) is 10.9 Å². The van der Waals surface area contributed by atoms with Gasteiger partial charge in [0.2, 0.25) is 5.96 Å². The third-order valence-electron chi connectivity index (χ3n) is 6.39. The maximum absolute atomic E-state index is 13.5. The number of guanidine groups is 1. The first-order chi connectivity index (χ1) is 18.1. The van der Waals surface area contributed by atoms with Gasteiger partial charge in [-0.05, 0) is 66.8 Å². The van der Waals surface area contributed by atoms with Crippen LogP contribution in [0.15, 0.2) is 87.7 Å². The van der Waals surface area contributed by atoms with E-state index in [1.807, 2.05) is 6.07 Å². The molecule has 194 valence electrons. The van der Waals surface area contributed by atoms with E-state index in [1.165, 1.54) is 24.3 Å². The Balaban J connectivity index is 1.60. The molecule has 5 rings (SSSR count). The molecular formula is C27H21ClF3N5O2. The number of nitrogens with zero attached hydrogens (tertiary/aromatic N) is 3. The van der Waals surface area contributed by atoms with Gasteiger partial charge in [-0.25, -0.2) is 10.4 Å². The van der Waals surface area contributed by atoms with Crippen LogP contribution in [0.2, 0.25) is 5.02 Å². The summed E-state index contributed by atoms with van der Waals surface area (Å²) in [7, 11) is 0. The van der Waals surface area contributed by atoms with E-state index in [9.17, 15) is 23.2 Å². The van der Waals surface area contributed by atoms with E-state index in [1.54, 1.807) is 30.3 Å². The monoisotopic (exact) mass is 539 g/mol. The maximum atomic E-state index is 13.5. The molecular weight excluding hydrogens is 519 g/mol. The number of alkyl halides is 3. The number of hydrazone groups is 1. The summed E-state index contributed by atoms with van der Waals surface area (Å²) in [4.78, 5) is 17.8. The van der Waals surface area contributed by atoms with Crippen LogP contribution in [0, 0.1) is 0 Å². The molecule has 1 aliphatic rings. The van der Waals surface area contributed by atoms with E-state index in [4.69, 9.17) is 17.3 Å². The molecule has 7 nitrogen and oxygen atoms in total. The Hall–Kier alpha value is -4.31. The Morgan fingerprint density at radius 3 is 2.45 bits per heavy atom. The van der Waals surface area contributed by atoms with Gasteiger partial charge >= 0.3 is 6.18 Å². The molecule has 4 aromatic rings.